The number of hydrogen-bond donors (Lipinski definition) is 2. The number of nitrogens with one attached hydrogen (secondary N) is 1. The van der Waals surface area contributed by atoms with E-state index in [1.807, 2.05) is 0 Å². The average Bonchev–Trinajstić information content (AvgIpc) is 2.60. The Hall–Kier alpha value is -0.700. The first-order valence-electron chi connectivity index (χ1n) is 5.62. The number of aliphatic carboxylic acids is 1. The molecule has 0 aromatic heterocycles. The van der Waals surface area contributed by atoms with Gasteiger partial charge in [0.05, 0.1) is 25.2 Å². The summed E-state index contributed by atoms with van der Waals surface area (Å²) in [6.45, 7) is 5.29. The maximum Gasteiger partial charge on any atom is 0.310 e. The molecule has 2 N–H and O–H groups in total. The molecule has 0 amide bonds. The minimum absolute atomic E-state index is 0.0371. The average molecular weight is 280 g/mol. The number of likely N-dealkylation sites (N-methyl/N-ethyl adjacent to an activating group) is 1. The number of carboxylic acids is 1. The number of hydrogen-bond acceptors (Lipinski definition) is 4. The van der Waals surface area contributed by atoms with Crippen molar-refractivity contribution in [3.63, 3.8) is 0 Å². The van der Waals surface area contributed by atoms with Crippen LogP contribution in [-0.2, 0) is 19.7 Å². The van der Waals surface area contributed by atoms with Crippen LogP contribution in [0.4, 0.5) is 0 Å². The van der Waals surface area contributed by atoms with Crippen LogP contribution in [0.3, 0.4) is 0 Å². The topological polar surface area (TPSA) is 95.9 Å². The lowest BCUT2D eigenvalue weighted by Gasteiger charge is -2.29. The summed E-state index contributed by atoms with van der Waals surface area (Å²) in [6, 6.07) is -0.678. The Morgan fingerprint density at radius 2 is 1.94 bits per heavy atom. The van der Waals surface area contributed by atoms with Crippen LogP contribution >= 0.6 is 0 Å². The number of ether oxygens (including phenoxy) is 1. The van der Waals surface area contributed by atoms with Gasteiger partial charge in [0.1, 0.15) is 0 Å². The molecule has 8 heteroatoms. The van der Waals surface area contributed by atoms with E-state index in [1.165, 1.54) is 7.05 Å². The second kappa shape index (κ2) is 5.12. The van der Waals surface area contributed by atoms with Crippen molar-refractivity contribution in [2.45, 2.75) is 32.4 Å². The van der Waals surface area contributed by atoms with Crippen LogP contribution < -0.4 is 4.72 Å². The third-order valence-electron chi connectivity index (χ3n) is 2.65. The quantitative estimate of drug-likeness (QED) is 0.734. The predicted octanol–water partition coefficient (Wildman–Crippen LogP) is -0.349. The van der Waals surface area contributed by atoms with Gasteiger partial charge in [-0.05, 0) is 20.8 Å². The van der Waals surface area contributed by atoms with E-state index in [-0.39, 0.29) is 13.2 Å². The van der Waals surface area contributed by atoms with Gasteiger partial charge in [-0.2, -0.15) is 17.4 Å². The van der Waals surface area contributed by atoms with Crippen LogP contribution in [0.1, 0.15) is 20.8 Å². The first-order chi connectivity index (χ1) is 8.04. The van der Waals surface area contributed by atoms with Crippen LogP contribution in [0.5, 0.6) is 0 Å². The molecule has 0 aromatic rings. The standard InChI is InChI=1S/C10H20N2O5S/c1-10(2,3)11-18(15,16)12(4)8-6-17-5-7(8)9(13)14/h7-8,11H,5-6H2,1-4H3,(H,13,14). The fraction of sp³-hybridized carbons (Fsp3) is 0.900. The molecule has 106 valence electrons. The predicted molar refractivity (Wildman–Crippen MR) is 65.3 cm³/mol. The van der Waals surface area contributed by atoms with Crippen molar-refractivity contribution in [1.29, 1.82) is 0 Å². The molecule has 1 fully saturated rings. The molecule has 1 aliphatic heterocycles. The van der Waals surface area contributed by atoms with Crippen molar-refractivity contribution in [3.8, 4) is 0 Å². The molecule has 2 atom stereocenters. The lowest BCUT2D eigenvalue weighted by atomic mass is 10.1. The Labute approximate surface area is 107 Å². The first-order valence-corrected chi connectivity index (χ1v) is 7.06. The minimum atomic E-state index is -3.73. The number of carbonyl (C=O) groups is 1. The van der Waals surface area contributed by atoms with Gasteiger partial charge in [0.15, 0.2) is 0 Å². The summed E-state index contributed by atoms with van der Waals surface area (Å²) in [5.74, 6) is -1.87. The first kappa shape index (κ1) is 15.4. The van der Waals surface area contributed by atoms with E-state index >= 15 is 0 Å². The van der Waals surface area contributed by atoms with Crippen LogP contribution in [-0.4, -0.2) is 55.6 Å². The van der Waals surface area contributed by atoms with E-state index in [1.54, 1.807) is 20.8 Å². The normalized spacial score (nSPS) is 25.6. The van der Waals surface area contributed by atoms with E-state index < -0.39 is 33.7 Å². The van der Waals surface area contributed by atoms with Gasteiger partial charge >= 0.3 is 5.97 Å². The molecule has 0 saturated carbocycles. The van der Waals surface area contributed by atoms with E-state index in [0.717, 1.165) is 4.31 Å². The summed E-state index contributed by atoms with van der Waals surface area (Å²) < 4.78 is 32.7. The number of nitrogens with zero attached hydrogens (tertiary/aromatic N) is 1. The van der Waals surface area contributed by atoms with Gasteiger partial charge < -0.3 is 9.84 Å². The van der Waals surface area contributed by atoms with Crippen molar-refractivity contribution >= 4 is 16.2 Å². The maximum atomic E-state index is 12.1. The van der Waals surface area contributed by atoms with Crippen LogP contribution in [0, 0.1) is 5.92 Å². The lowest BCUT2D eigenvalue weighted by molar-refractivity contribution is -0.142. The highest BCUT2D eigenvalue weighted by Crippen LogP contribution is 2.21. The second-order valence-corrected chi connectivity index (χ2v) is 7.15. The zero-order valence-corrected chi connectivity index (χ0v) is 11.8. The summed E-state index contributed by atoms with van der Waals surface area (Å²) in [5, 5.41) is 9.01. The molecular weight excluding hydrogens is 260 g/mol. The SMILES string of the molecule is CN(C1COCC1C(=O)O)S(=O)(=O)NC(C)(C)C. The number of carboxylic acid groups (broad SMARTS) is 1. The van der Waals surface area contributed by atoms with Gasteiger partial charge in [-0.15, -0.1) is 0 Å². The van der Waals surface area contributed by atoms with Gasteiger partial charge in [-0.1, -0.05) is 0 Å². The third-order valence-corrected chi connectivity index (χ3v) is 4.55. The molecule has 0 spiro atoms. The molecule has 2 unspecified atom stereocenters. The summed E-state index contributed by atoms with van der Waals surface area (Å²) in [7, 11) is -2.36. The van der Waals surface area contributed by atoms with Crippen molar-refractivity contribution in [2.75, 3.05) is 20.3 Å². The monoisotopic (exact) mass is 280 g/mol. The van der Waals surface area contributed by atoms with Gasteiger partial charge in [-0.3, -0.25) is 4.79 Å². The molecule has 1 heterocycles. The second-order valence-electron chi connectivity index (χ2n) is 5.42. The minimum Gasteiger partial charge on any atom is -0.481 e. The molecule has 0 aliphatic carbocycles. The van der Waals surface area contributed by atoms with E-state index in [2.05, 4.69) is 4.72 Å². The maximum absolute atomic E-state index is 12.1. The van der Waals surface area contributed by atoms with Crippen LogP contribution in [0.15, 0.2) is 0 Å². The Kier molecular flexibility index (Phi) is 4.37. The Balaban J connectivity index is 2.86. The summed E-state index contributed by atoms with van der Waals surface area (Å²) in [5.41, 5.74) is -0.620. The fourth-order valence-electron chi connectivity index (χ4n) is 1.77. The molecule has 1 rings (SSSR count). The Morgan fingerprint density at radius 1 is 1.39 bits per heavy atom. The van der Waals surface area contributed by atoms with E-state index in [4.69, 9.17) is 9.84 Å². The van der Waals surface area contributed by atoms with E-state index in [0.29, 0.717) is 0 Å². The van der Waals surface area contributed by atoms with Crippen molar-refractivity contribution in [3.05, 3.63) is 0 Å². The highest BCUT2D eigenvalue weighted by Gasteiger charge is 2.41. The fourth-order valence-corrected chi connectivity index (χ4v) is 3.26. The van der Waals surface area contributed by atoms with Crippen molar-refractivity contribution < 1.29 is 23.1 Å². The highest BCUT2D eigenvalue weighted by molar-refractivity contribution is 7.87. The van der Waals surface area contributed by atoms with Crippen molar-refractivity contribution in [2.24, 2.45) is 5.92 Å². The molecule has 1 saturated heterocycles. The molecule has 18 heavy (non-hydrogen) atoms. The largest absolute Gasteiger partial charge is 0.481 e. The van der Waals surface area contributed by atoms with Crippen molar-refractivity contribution in [1.82, 2.24) is 9.03 Å². The Morgan fingerprint density at radius 3 is 2.39 bits per heavy atom. The summed E-state index contributed by atoms with van der Waals surface area (Å²) >= 11 is 0. The van der Waals surface area contributed by atoms with Gasteiger partial charge in [0.25, 0.3) is 10.2 Å². The van der Waals surface area contributed by atoms with Crippen LogP contribution in [0.2, 0.25) is 0 Å². The van der Waals surface area contributed by atoms with Crippen LogP contribution in [0.25, 0.3) is 0 Å². The zero-order valence-electron chi connectivity index (χ0n) is 11.0. The van der Waals surface area contributed by atoms with E-state index in [9.17, 15) is 13.2 Å². The zero-order chi connectivity index (χ0) is 14.1. The summed E-state index contributed by atoms with van der Waals surface area (Å²) in [4.78, 5) is 11.0. The highest BCUT2D eigenvalue weighted by atomic mass is 32.2. The molecule has 0 radical (unpaired) electrons. The van der Waals surface area contributed by atoms with Gasteiger partial charge in [-0.25, -0.2) is 0 Å². The van der Waals surface area contributed by atoms with Gasteiger partial charge in [0.2, 0.25) is 0 Å². The smallest absolute Gasteiger partial charge is 0.310 e. The molecule has 0 aromatic carbocycles. The summed E-state index contributed by atoms with van der Waals surface area (Å²) in [6.07, 6.45) is 0. The van der Waals surface area contributed by atoms with Gasteiger partial charge in [0, 0.05) is 12.6 Å². The lowest BCUT2D eigenvalue weighted by Crippen LogP contribution is -2.53. The molecule has 7 nitrogen and oxygen atoms in total. The third kappa shape index (κ3) is 3.64. The number of rotatable bonds is 4. The molecular formula is C10H20N2O5S. The molecule has 0 bridgehead atoms. The Bertz CT molecular complexity index is 414. The molecule has 1 aliphatic rings.